The van der Waals surface area contributed by atoms with Crippen LogP contribution in [0, 0.1) is 25.5 Å². The molecule has 0 atom stereocenters. The number of nitrogens with one attached hydrogen (secondary N) is 2. The Morgan fingerprint density at radius 1 is 1.19 bits per heavy atom. The first-order valence-corrected chi connectivity index (χ1v) is 10.4. The molecule has 0 saturated heterocycles. The number of carbonyl (C=O) groups is 1. The molecule has 0 spiro atoms. The predicted molar refractivity (Wildman–Crippen MR) is 118 cm³/mol. The molecule has 7 nitrogen and oxygen atoms in total. The highest BCUT2D eigenvalue weighted by Gasteiger charge is 2.14. The van der Waals surface area contributed by atoms with Crippen molar-refractivity contribution in [3.63, 3.8) is 0 Å². The van der Waals surface area contributed by atoms with Gasteiger partial charge in [-0.05, 0) is 43.2 Å². The number of fused-ring (bicyclic) bond motifs is 1. The smallest absolute Gasteiger partial charge is 0.230 e. The number of anilines is 2. The number of amides is 1. The molecule has 0 aliphatic rings. The molecule has 4 N–H and O–H groups in total. The third kappa shape index (κ3) is 7.51. The molecule has 10 heteroatoms. The van der Waals surface area contributed by atoms with Gasteiger partial charge >= 0.3 is 0 Å². The highest BCUT2D eigenvalue weighted by molar-refractivity contribution is 7.16. The summed E-state index contributed by atoms with van der Waals surface area (Å²) in [5.41, 5.74) is 5.83. The van der Waals surface area contributed by atoms with E-state index in [9.17, 15) is 13.6 Å². The second-order valence-corrected chi connectivity index (χ2v) is 6.92. The van der Waals surface area contributed by atoms with Crippen molar-refractivity contribution in [3.05, 3.63) is 52.5 Å². The fourth-order valence-corrected chi connectivity index (χ4v) is 3.12. The number of rotatable bonds is 7. The molecule has 0 bridgehead atoms. The number of aliphatic hydroxyl groups is 2. The zero-order valence-corrected chi connectivity index (χ0v) is 18.6. The van der Waals surface area contributed by atoms with Crippen molar-refractivity contribution < 1.29 is 28.6 Å². The zero-order chi connectivity index (χ0) is 23.4. The van der Waals surface area contributed by atoms with Gasteiger partial charge in [0.15, 0.2) is 5.82 Å². The van der Waals surface area contributed by atoms with Crippen LogP contribution in [0.4, 0.5) is 20.2 Å². The summed E-state index contributed by atoms with van der Waals surface area (Å²) in [7, 11) is 0. The Morgan fingerprint density at radius 2 is 1.87 bits per heavy atom. The van der Waals surface area contributed by atoms with E-state index in [0.717, 1.165) is 15.8 Å². The number of aliphatic hydroxyl groups excluding tert-OH is 2. The molecule has 1 aromatic heterocycles. The molecule has 3 aromatic rings. The SMILES string of the molecule is CC.Cc1ccc(Nc2c(C)cc3scnc3c2F)c(F)c1.O=CNOC(CO)CO. The van der Waals surface area contributed by atoms with Gasteiger partial charge in [0.25, 0.3) is 0 Å². The number of aryl methyl sites for hydroxylation is 2. The summed E-state index contributed by atoms with van der Waals surface area (Å²) >= 11 is 1.38. The fraction of sp³-hybridized carbons (Fsp3) is 0.333. The molecule has 0 unspecified atom stereocenters. The summed E-state index contributed by atoms with van der Waals surface area (Å²) < 4.78 is 29.1. The number of hydrogen-bond donors (Lipinski definition) is 4. The Labute approximate surface area is 183 Å². The molecular weight excluding hydrogens is 428 g/mol. The van der Waals surface area contributed by atoms with Gasteiger partial charge in [0.2, 0.25) is 6.41 Å². The van der Waals surface area contributed by atoms with Crippen LogP contribution >= 0.6 is 11.3 Å². The summed E-state index contributed by atoms with van der Waals surface area (Å²) in [5.74, 6) is -0.844. The van der Waals surface area contributed by atoms with Gasteiger partial charge in [0.05, 0.1) is 34.8 Å². The van der Waals surface area contributed by atoms with Crippen molar-refractivity contribution in [2.45, 2.75) is 33.8 Å². The standard InChI is InChI=1S/C15H12F2N2S.C4H9NO4.C2H6/c1-8-3-4-11(10(16)5-8)19-14-9(2)6-12-15(13(14)17)18-7-20-12;6-1-4(2-7)9-5-3-8;1-2/h3-7,19H,1-2H3;3-4,6-7H,1-2H2,(H,5,8);1-2H3. The second kappa shape index (κ2) is 13.6. The van der Waals surface area contributed by atoms with E-state index >= 15 is 0 Å². The third-order valence-electron chi connectivity index (χ3n) is 3.84. The lowest BCUT2D eigenvalue weighted by atomic mass is 10.1. The molecule has 0 fully saturated rings. The average molecular weight is 456 g/mol. The van der Waals surface area contributed by atoms with Crippen LogP contribution in [0.15, 0.2) is 29.8 Å². The Morgan fingerprint density at radius 3 is 2.45 bits per heavy atom. The minimum atomic E-state index is -0.727. The van der Waals surface area contributed by atoms with Gasteiger partial charge < -0.3 is 15.5 Å². The van der Waals surface area contributed by atoms with E-state index in [-0.39, 0.29) is 24.6 Å². The topological polar surface area (TPSA) is 104 Å². The van der Waals surface area contributed by atoms with Crippen molar-refractivity contribution in [2.24, 2.45) is 0 Å². The number of carbonyl (C=O) groups excluding carboxylic acids is 1. The van der Waals surface area contributed by atoms with Gasteiger partial charge in [0, 0.05) is 0 Å². The molecule has 2 aromatic carbocycles. The van der Waals surface area contributed by atoms with Crippen molar-refractivity contribution in [2.75, 3.05) is 18.5 Å². The van der Waals surface area contributed by atoms with Crippen molar-refractivity contribution in [3.8, 4) is 0 Å². The van der Waals surface area contributed by atoms with Crippen molar-refractivity contribution >= 4 is 39.3 Å². The summed E-state index contributed by atoms with van der Waals surface area (Å²) in [6.07, 6.45) is -0.409. The minimum absolute atomic E-state index is 0.257. The number of benzene rings is 2. The molecule has 170 valence electrons. The summed E-state index contributed by atoms with van der Waals surface area (Å²) in [6, 6.07) is 6.65. The fourth-order valence-electron chi connectivity index (χ4n) is 2.35. The van der Waals surface area contributed by atoms with Crippen LogP contribution in [0.2, 0.25) is 0 Å². The monoisotopic (exact) mass is 455 g/mol. The van der Waals surface area contributed by atoms with Crippen molar-refractivity contribution in [1.29, 1.82) is 0 Å². The quantitative estimate of drug-likeness (QED) is 0.317. The second-order valence-electron chi connectivity index (χ2n) is 6.03. The lowest BCUT2D eigenvalue weighted by Crippen LogP contribution is -2.28. The Hall–Kier alpha value is -2.66. The van der Waals surface area contributed by atoms with E-state index in [1.54, 1.807) is 31.5 Å². The van der Waals surface area contributed by atoms with Gasteiger partial charge in [-0.25, -0.2) is 19.2 Å². The van der Waals surface area contributed by atoms with E-state index in [0.29, 0.717) is 11.9 Å². The lowest BCUT2D eigenvalue weighted by molar-refractivity contribution is -0.130. The van der Waals surface area contributed by atoms with E-state index < -0.39 is 17.7 Å². The number of hydroxylamine groups is 1. The molecule has 0 aliphatic carbocycles. The van der Waals surface area contributed by atoms with Gasteiger partial charge in [-0.3, -0.25) is 9.63 Å². The Kier molecular flexibility index (Phi) is 11.6. The van der Waals surface area contributed by atoms with Crippen LogP contribution in [0.25, 0.3) is 10.2 Å². The normalized spacial score (nSPS) is 10.1. The maximum absolute atomic E-state index is 14.4. The largest absolute Gasteiger partial charge is 0.393 e. The van der Waals surface area contributed by atoms with Gasteiger partial charge in [-0.15, -0.1) is 11.3 Å². The first-order valence-electron chi connectivity index (χ1n) is 9.53. The average Bonchev–Trinajstić information content (AvgIpc) is 3.24. The molecule has 0 saturated carbocycles. The van der Waals surface area contributed by atoms with Crippen LogP contribution in [-0.4, -0.2) is 40.9 Å². The molecular formula is C21H27F2N3O4S. The van der Waals surface area contributed by atoms with Crippen LogP contribution in [0.5, 0.6) is 0 Å². The third-order valence-corrected chi connectivity index (χ3v) is 4.61. The van der Waals surface area contributed by atoms with Gasteiger partial charge in [0.1, 0.15) is 17.4 Å². The van der Waals surface area contributed by atoms with E-state index in [1.165, 1.54) is 17.4 Å². The summed E-state index contributed by atoms with van der Waals surface area (Å²) in [5, 5.41) is 19.5. The lowest BCUT2D eigenvalue weighted by Gasteiger charge is -2.12. The maximum atomic E-state index is 14.4. The predicted octanol–water partition coefficient (Wildman–Crippen LogP) is 3.98. The van der Waals surface area contributed by atoms with E-state index in [4.69, 9.17) is 10.2 Å². The number of nitrogens with zero attached hydrogens (tertiary/aromatic N) is 1. The molecule has 31 heavy (non-hydrogen) atoms. The Balaban J connectivity index is 0.000000372. The Bertz CT molecular complexity index is 965. The highest BCUT2D eigenvalue weighted by atomic mass is 32.1. The number of hydrogen-bond acceptors (Lipinski definition) is 7. The van der Waals surface area contributed by atoms with Crippen molar-refractivity contribution in [1.82, 2.24) is 10.5 Å². The number of thiazole rings is 1. The molecule has 0 radical (unpaired) electrons. The zero-order valence-electron chi connectivity index (χ0n) is 17.8. The molecule has 1 heterocycles. The van der Waals surface area contributed by atoms with Crippen LogP contribution in [0.3, 0.4) is 0 Å². The summed E-state index contributed by atoms with van der Waals surface area (Å²) in [4.78, 5) is 17.9. The first-order chi connectivity index (χ1) is 14.9. The number of halogens is 2. The van der Waals surface area contributed by atoms with Crippen LogP contribution < -0.4 is 10.8 Å². The van der Waals surface area contributed by atoms with Gasteiger partial charge in [-0.2, -0.15) is 0 Å². The summed E-state index contributed by atoms with van der Waals surface area (Å²) in [6.45, 7) is 6.95. The molecule has 0 aliphatic heterocycles. The highest BCUT2D eigenvalue weighted by Crippen LogP contribution is 2.32. The molecule has 3 rings (SSSR count). The minimum Gasteiger partial charge on any atom is -0.393 e. The van der Waals surface area contributed by atoms with E-state index in [2.05, 4.69) is 15.1 Å². The number of aromatic nitrogens is 1. The first kappa shape index (κ1) is 26.4. The van der Waals surface area contributed by atoms with E-state index in [1.807, 2.05) is 25.4 Å². The van der Waals surface area contributed by atoms with Crippen LogP contribution in [0.1, 0.15) is 25.0 Å². The maximum Gasteiger partial charge on any atom is 0.230 e. The molecule has 1 amide bonds. The van der Waals surface area contributed by atoms with Gasteiger partial charge in [-0.1, -0.05) is 19.9 Å². The van der Waals surface area contributed by atoms with Crippen LogP contribution in [-0.2, 0) is 9.63 Å².